The molecular formula is C20H15FN4O2. The van der Waals surface area contributed by atoms with Crippen molar-refractivity contribution in [1.82, 2.24) is 19.6 Å². The van der Waals surface area contributed by atoms with Crippen molar-refractivity contribution in [2.75, 3.05) is 0 Å². The Morgan fingerprint density at radius 3 is 2.93 bits per heavy atom. The Morgan fingerprint density at radius 2 is 2.07 bits per heavy atom. The molecule has 1 aliphatic heterocycles. The van der Waals surface area contributed by atoms with Crippen LogP contribution in [-0.4, -0.2) is 25.5 Å². The number of para-hydroxylation sites is 1. The lowest BCUT2D eigenvalue weighted by atomic mass is 9.96. The summed E-state index contributed by atoms with van der Waals surface area (Å²) in [4.78, 5) is 26.1. The van der Waals surface area contributed by atoms with E-state index in [0.717, 1.165) is 16.7 Å². The van der Waals surface area contributed by atoms with Gasteiger partial charge in [-0.3, -0.25) is 9.59 Å². The molecule has 0 bridgehead atoms. The first-order chi connectivity index (χ1) is 13.0. The number of fused-ring (bicyclic) bond motifs is 1. The van der Waals surface area contributed by atoms with Crippen LogP contribution in [0.1, 0.15) is 35.3 Å². The Balaban J connectivity index is 1.81. The number of carbonyl (C=O) groups is 1. The minimum absolute atomic E-state index is 0.0385. The molecule has 4 aromatic rings. The summed E-state index contributed by atoms with van der Waals surface area (Å²) in [6.07, 6.45) is 3.10. The lowest BCUT2D eigenvalue weighted by Crippen LogP contribution is -2.27. The monoisotopic (exact) mass is 362 g/mol. The zero-order chi connectivity index (χ0) is 18.7. The number of pyridine rings is 1. The number of rotatable bonds is 1. The Hall–Kier alpha value is -3.35. The van der Waals surface area contributed by atoms with Gasteiger partial charge in [0, 0.05) is 17.6 Å². The van der Waals surface area contributed by atoms with Gasteiger partial charge in [-0.25, -0.2) is 4.39 Å². The second kappa shape index (κ2) is 5.57. The predicted molar refractivity (Wildman–Crippen MR) is 98.5 cm³/mol. The second-order valence-corrected chi connectivity index (χ2v) is 6.92. The van der Waals surface area contributed by atoms with E-state index in [9.17, 15) is 14.0 Å². The van der Waals surface area contributed by atoms with E-state index in [1.165, 1.54) is 12.1 Å². The Bertz CT molecular complexity index is 1300. The topological polar surface area (TPSA) is 69.8 Å². The second-order valence-electron chi connectivity index (χ2n) is 6.92. The van der Waals surface area contributed by atoms with E-state index in [4.69, 9.17) is 0 Å². The summed E-state index contributed by atoms with van der Waals surface area (Å²) in [5.41, 5.74) is 2.07. The highest BCUT2D eigenvalue weighted by molar-refractivity contribution is 6.02. The maximum Gasteiger partial charge on any atom is 0.285 e. The molecule has 2 aromatic heterocycles. The van der Waals surface area contributed by atoms with Crippen LogP contribution in [-0.2, 0) is 6.42 Å². The van der Waals surface area contributed by atoms with Gasteiger partial charge < -0.3 is 4.57 Å². The number of aryl methyl sites for hydroxylation is 1. The van der Waals surface area contributed by atoms with Crippen molar-refractivity contribution < 1.29 is 9.18 Å². The minimum atomic E-state index is -0.567. The lowest BCUT2D eigenvalue weighted by molar-refractivity contribution is 0.0946. The van der Waals surface area contributed by atoms with Crippen molar-refractivity contribution in [3.05, 3.63) is 69.8 Å². The zero-order valence-electron chi connectivity index (χ0n) is 14.5. The van der Waals surface area contributed by atoms with E-state index in [2.05, 4.69) is 10.3 Å². The highest BCUT2D eigenvalue weighted by Gasteiger charge is 2.25. The van der Waals surface area contributed by atoms with Gasteiger partial charge in [0.15, 0.2) is 0 Å². The Kier molecular flexibility index (Phi) is 3.28. The van der Waals surface area contributed by atoms with Crippen LogP contribution < -0.4 is 5.43 Å². The van der Waals surface area contributed by atoms with Crippen LogP contribution in [0.25, 0.3) is 21.9 Å². The van der Waals surface area contributed by atoms with Crippen LogP contribution in [0.5, 0.6) is 0 Å². The summed E-state index contributed by atoms with van der Waals surface area (Å²) < 4.78 is 17.1. The number of aromatic nitrogens is 4. The van der Waals surface area contributed by atoms with Gasteiger partial charge in [-0.1, -0.05) is 17.3 Å². The number of halogens is 1. The van der Waals surface area contributed by atoms with Gasteiger partial charge in [0.25, 0.3) is 5.91 Å². The molecule has 2 aromatic carbocycles. The van der Waals surface area contributed by atoms with Gasteiger partial charge in [-0.15, -0.1) is 5.10 Å². The van der Waals surface area contributed by atoms with Crippen LogP contribution in [0.4, 0.5) is 4.39 Å². The van der Waals surface area contributed by atoms with E-state index >= 15 is 0 Å². The molecule has 0 spiro atoms. The Labute approximate surface area is 152 Å². The van der Waals surface area contributed by atoms with E-state index in [0.29, 0.717) is 23.0 Å². The minimum Gasteiger partial charge on any atom is -0.343 e. The average Bonchev–Trinajstić information content (AvgIpc) is 3.09. The molecule has 0 N–H and O–H groups in total. The van der Waals surface area contributed by atoms with Crippen LogP contribution in [0.2, 0.25) is 0 Å². The van der Waals surface area contributed by atoms with Gasteiger partial charge in [0.2, 0.25) is 5.43 Å². The lowest BCUT2D eigenvalue weighted by Gasteiger charge is -2.26. The normalized spacial score (nSPS) is 16.1. The molecule has 0 amide bonds. The fraction of sp³-hybridized carbons (Fsp3) is 0.200. The molecule has 5 rings (SSSR count). The smallest absolute Gasteiger partial charge is 0.285 e. The molecular weight excluding hydrogens is 347 g/mol. The molecule has 27 heavy (non-hydrogen) atoms. The van der Waals surface area contributed by atoms with E-state index < -0.39 is 17.2 Å². The summed E-state index contributed by atoms with van der Waals surface area (Å²) in [5.74, 6) is -1.03. The number of carbonyl (C=O) groups excluding carboxylic acids is 1. The molecule has 3 heterocycles. The quantitative estimate of drug-likeness (QED) is 0.522. The van der Waals surface area contributed by atoms with Crippen LogP contribution in [0.15, 0.2) is 47.4 Å². The summed E-state index contributed by atoms with van der Waals surface area (Å²) in [6, 6.07) is 9.82. The average molecular weight is 362 g/mol. The van der Waals surface area contributed by atoms with E-state index in [-0.39, 0.29) is 17.0 Å². The standard InChI is InChI=1S/C20H15FN4O2/c1-11-6-7-12-8-13(21)9-14-18(12)24(11)10-15(19(14)26)20(27)25-17-5-3-2-4-16(17)22-23-25/h2-5,8-11H,6-7H2,1H3/t11-/m0/s1. The van der Waals surface area contributed by atoms with Crippen molar-refractivity contribution in [2.45, 2.75) is 25.8 Å². The molecule has 1 aliphatic rings. The molecule has 0 unspecified atom stereocenters. The highest BCUT2D eigenvalue weighted by Crippen LogP contribution is 2.30. The van der Waals surface area contributed by atoms with E-state index in [1.54, 1.807) is 30.5 Å². The van der Waals surface area contributed by atoms with E-state index in [1.807, 2.05) is 11.5 Å². The van der Waals surface area contributed by atoms with Crippen LogP contribution in [0, 0.1) is 5.82 Å². The first-order valence-corrected chi connectivity index (χ1v) is 8.77. The van der Waals surface area contributed by atoms with Gasteiger partial charge in [-0.2, -0.15) is 4.68 Å². The zero-order valence-corrected chi connectivity index (χ0v) is 14.5. The third-order valence-electron chi connectivity index (χ3n) is 5.25. The molecule has 0 radical (unpaired) electrons. The fourth-order valence-corrected chi connectivity index (χ4v) is 3.87. The third-order valence-corrected chi connectivity index (χ3v) is 5.25. The predicted octanol–water partition coefficient (Wildman–Crippen LogP) is 3.08. The van der Waals surface area contributed by atoms with Gasteiger partial charge in [-0.05, 0) is 49.6 Å². The van der Waals surface area contributed by atoms with Crippen molar-refractivity contribution in [2.24, 2.45) is 0 Å². The van der Waals surface area contributed by atoms with Gasteiger partial charge in [0.05, 0.1) is 11.0 Å². The number of nitrogens with zero attached hydrogens (tertiary/aromatic N) is 4. The summed E-state index contributed by atoms with van der Waals surface area (Å²) in [5, 5.41) is 8.12. The van der Waals surface area contributed by atoms with Crippen molar-refractivity contribution >= 4 is 27.8 Å². The molecule has 0 fully saturated rings. The number of benzene rings is 2. The maximum atomic E-state index is 14.1. The molecule has 0 saturated heterocycles. The molecule has 0 saturated carbocycles. The first kappa shape index (κ1) is 15.9. The van der Waals surface area contributed by atoms with Gasteiger partial charge in [0.1, 0.15) is 16.9 Å². The molecule has 134 valence electrons. The number of hydrogen-bond acceptors (Lipinski definition) is 4. The summed E-state index contributed by atoms with van der Waals surface area (Å²) in [6.45, 7) is 2.02. The van der Waals surface area contributed by atoms with Crippen LogP contribution >= 0.6 is 0 Å². The third kappa shape index (κ3) is 2.24. The van der Waals surface area contributed by atoms with Crippen molar-refractivity contribution in [1.29, 1.82) is 0 Å². The molecule has 7 heteroatoms. The summed E-state index contributed by atoms with van der Waals surface area (Å²) >= 11 is 0. The first-order valence-electron chi connectivity index (χ1n) is 8.77. The van der Waals surface area contributed by atoms with Crippen molar-refractivity contribution in [3.63, 3.8) is 0 Å². The highest BCUT2D eigenvalue weighted by atomic mass is 19.1. The molecule has 1 atom stereocenters. The SMILES string of the molecule is C[C@H]1CCc2cc(F)cc3c(=O)c(C(=O)n4nnc5ccccc54)cn1c23. The molecule has 6 nitrogen and oxygen atoms in total. The molecule has 0 aliphatic carbocycles. The fourth-order valence-electron chi connectivity index (χ4n) is 3.87. The van der Waals surface area contributed by atoms with Gasteiger partial charge >= 0.3 is 0 Å². The van der Waals surface area contributed by atoms with Crippen LogP contribution in [0.3, 0.4) is 0 Å². The maximum absolute atomic E-state index is 14.1. The largest absolute Gasteiger partial charge is 0.343 e. The Morgan fingerprint density at radius 1 is 1.26 bits per heavy atom. The number of hydrogen-bond donors (Lipinski definition) is 0. The summed E-state index contributed by atoms with van der Waals surface area (Å²) in [7, 11) is 0. The van der Waals surface area contributed by atoms with Crippen molar-refractivity contribution in [3.8, 4) is 0 Å².